The van der Waals surface area contributed by atoms with Gasteiger partial charge < -0.3 is 0 Å². The molecule has 0 aliphatic heterocycles. The number of hydrogen-bond donors (Lipinski definition) is 0. The molecule has 0 spiro atoms. The van der Waals surface area contributed by atoms with Gasteiger partial charge >= 0.3 is 0 Å². The molecule has 1 aliphatic carbocycles. The fourth-order valence-electron chi connectivity index (χ4n) is 3.84. The standard InChI is InChI=1S/C20H30F2/c1-3-5-6-8-18-19(21)13-17(14-20(18)22)16-11-9-15(7-4-2)10-12-16/h13-16H,3-12H2,1-2H3. The molecule has 0 nitrogen and oxygen atoms in total. The third-order valence-electron chi connectivity index (χ3n) is 5.21. The normalized spacial score (nSPS) is 22.0. The number of halogens is 2. The Morgan fingerprint density at radius 3 is 2.09 bits per heavy atom. The van der Waals surface area contributed by atoms with E-state index in [0.29, 0.717) is 12.3 Å². The lowest BCUT2D eigenvalue weighted by Crippen LogP contribution is -2.14. The Morgan fingerprint density at radius 2 is 1.55 bits per heavy atom. The Balaban J connectivity index is 2.01. The van der Waals surface area contributed by atoms with Gasteiger partial charge in [-0.2, -0.15) is 0 Å². The molecule has 1 saturated carbocycles. The molecule has 0 heterocycles. The molecule has 22 heavy (non-hydrogen) atoms. The van der Waals surface area contributed by atoms with Crippen molar-refractivity contribution in [2.75, 3.05) is 0 Å². The Bertz CT molecular complexity index is 436. The quantitative estimate of drug-likeness (QED) is 0.487. The van der Waals surface area contributed by atoms with Crippen LogP contribution in [0.3, 0.4) is 0 Å². The van der Waals surface area contributed by atoms with E-state index in [4.69, 9.17) is 0 Å². The fraction of sp³-hybridized carbons (Fsp3) is 0.700. The molecular weight excluding hydrogens is 278 g/mol. The molecule has 0 radical (unpaired) electrons. The summed E-state index contributed by atoms with van der Waals surface area (Å²) in [5, 5.41) is 0. The molecule has 1 fully saturated rings. The minimum atomic E-state index is -0.332. The molecular formula is C20H30F2. The van der Waals surface area contributed by atoms with E-state index in [-0.39, 0.29) is 17.2 Å². The van der Waals surface area contributed by atoms with Gasteiger partial charge in [-0.15, -0.1) is 0 Å². The first-order chi connectivity index (χ1) is 10.7. The number of rotatable bonds is 7. The molecule has 0 N–H and O–H groups in total. The van der Waals surface area contributed by atoms with Crippen LogP contribution in [0.25, 0.3) is 0 Å². The van der Waals surface area contributed by atoms with Crippen molar-refractivity contribution in [1.29, 1.82) is 0 Å². The smallest absolute Gasteiger partial charge is 0.129 e. The summed E-state index contributed by atoms with van der Waals surface area (Å²) in [4.78, 5) is 0. The minimum absolute atomic E-state index is 0.289. The highest BCUT2D eigenvalue weighted by molar-refractivity contribution is 5.29. The molecule has 0 aromatic heterocycles. The van der Waals surface area contributed by atoms with Crippen LogP contribution in [0.2, 0.25) is 0 Å². The average molecular weight is 308 g/mol. The van der Waals surface area contributed by atoms with Gasteiger partial charge in [-0.25, -0.2) is 8.78 Å². The predicted molar refractivity (Wildman–Crippen MR) is 89.2 cm³/mol. The SMILES string of the molecule is CCCCCc1c(F)cc(C2CCC(CCC)CC2)cc1F. The van der Waals surface area contributed by atoms with Crippen molar-refractivity contribution in [3.8, 4) is 0 Å². The van der Waals surface area contributed by atoms with Crippen molar-refractivity contribution in [1.82, 2.24) is 0 Å². The van der Waals surface area contributed by atoms with E-state index in [0.717, 1.165) is 43.6 Å². The zero-order chi connectivity index (χ0) is 15.9. The van der Waals surface area contributed by atoms with Gasteiger partial charge in [-0.05, 0) is 68.1 Å². The second kappa shape index (κ2) is 8.64. The second-order valence-electron chi connectivity index (χ2n) is 6.93. The molecule has 2 heteroatoms. The molecule has 0 atom stereocenters. The molecule has 0 saturated heterocycles. The van der Waals surface area contributed by atoms with Crippen LogP contribution in [0, 0.1) is 17.6 Å². The molecule has 0 bridgehead atoms. The van der Waals surface area contributed by atoms with Crippen LogP contribution in [0.1, 0.15) is 88.7 Å². The van der Waals surface area contributed by atoms with E-state index < -0.39 is 0 Å². The van der Waals surface area contributed by atoms with Gasteiger partial charge in [-0.1, -0.05) is 39.5 Å². The van der Waals surface area contributed by atoms with Gasteiger partial charge in [0.25, 0.3) is 0 Å². The van der Waals surface area contributed by atoms with Crippen molar-refractivity contribution in [2.24, 2.45) is 5.92 Å². The first-order valence-electron chi connectivity index (χ1n) is 9.13. The van der Waals surface area contributed by atoms with Crippen molar-refractivity contribution < 1.29 is 8.78 Å². The number of unbranched alkanes of at least 4 members (excludes halogenated alkanes) is 2. The summed E-state index contributed by atoms with van der Waals surface area (Å²) in [6.45, 7) is 4.33. The molecule has 0 unspecified atom stereocenters. The van der Waals surface area contributed by atoms with Gasteiger partial charge in [-0.3, -0.25) is 0 Å². The highest BCUT2D eigenvalue weighted by Crippen LogP contribution is 2.38. The second-order valence-corrected chi connectivity index (χ2v) is 6.93. The largest absolute Gasteiger partial charge is 0.207 e. The minimum Gasteiger partial charge on any atom is -0.207 e. The van der Waals surface area contributed by atoms with Crippen molar-refractivity contribution in [3.63, 3.8) is 0 Å². The van der Waals surface area contributed by atoms with Gasteiger partial charge in [0.2, 0.25) is 0 Å². The van der Waals surface area contributed by atoms with Crippen LogP contribution in [0.4, 0.5) is 8.78 Å². The first kappa shape index (κ1) is 17.4. The summed E-state index contributed by atoms with van der Waals surface area (Å²) >= 11 is 0. The molecule has 1 aliphatic rings. The lowest BCUT2D eigenvalue weighted by molar-refractivity contribution is 0.307. The highest BCUT2D eigenvalue weighted by Gasteiger charge is 2.23. The molecule has 2 rings (SSSR count). The van der Waals surface area contributed by atoms with E-state index in [1.165, 1.54) is 25.7 Å². The van der Waals surface area contributed by atoms with Crippen LogP contribution in [0.15, 0.2) is 12.1 Å². The summed E-state index contributed by atoms with van der Waals surface area (Å²) in [5.41, 5.74) is 1.17. The zero-order valence-corrected chi connectivity index (χ0v) is 14.1. The molecule has 0 amide bonds. The van der Waals surface area contributed by atoms with Crippen LogP contribution in [-0.4, -0.2) is 0 Å². The van der Waals surface area contributed by atoms with Crippen molar-refractivity contribution in [2.45, 2.75) is 84.0 Å². The number of benzene rings is 1. The third-order valence-corrected chi connectivity index (χ3v) is 5.21. The molecule has 124 valence electrons. The van der Waals surface area contributed by atoms with Crippen molar-refractivity contribution >= 4 is 0 Å². The Morgan fingerprint density at radius 1 is 0.909 bits per heavy atom. The lowest BCUT2D eigenvalue weighted by Gasteiger charge is -2.29. The van der Waals surface area contributed by atoms with E-state index in [1.54, 1.807) is 12.1 Å². The van der Waals surface area contributed by atoms with Gasteiger partial charge in [0, 0.05) is 5.56 Å². The average Bonchev–Trinajstić information content (AvgIpc) is 2.51. The summed E-state index contributed by atoms with van der Waals surface area (Å²) in [5.74, 6) is 0.509. The maximum atomic E-state index is 14.3. The van der Waals surface area contributed by atoms with Crippen LogP contribution < -0.4 is 0 Å². The monoisotopic (exact) mass is 308 g/mol. The Kier molecular flexibility index (Phi) is 6.85. The van der Waals surface area contributed by atoms with Crippen LogP contribution in [-0.2, 0) is 6.42 Å². The lowest BCUT2D eigenvalue weighted by atomic mass is 9.77. The van der Waals surface area contributed by atoms with Gasteiger partial charge in [0.05, 0.1) is 0 Å². The Hall–Kier alpha value is -0.920. The fourth-order valence-corrected chi connectivity index (χ4v) is 3.84. The number of hydrogen-bond acceptors (Lipinski definition) is 0. The first-order valence-corrected chi connectivity index (χ1v) is 9.13. The van der Waals surface area contributed by atoms with Crippen LogP contribution >= 0.6 is 0 Å². The van der Waals surface area contributed by atoms with Gasteiger partial charge in [0.15, 0.2) is 0 Å². The maximum Gasteiger partial charge on any atom is 0.129 e. The molecule has 1 aromatic carbocycles. The van der Waals surface area contributed by atoms with E-state index >= 15 is 0 Å². The summed E-state index contributed by atoms with van der Waals surface area (Å²) < 4.78 is 28.5. The maximum absolute atomic E-state index is 14.3. The van der Waals surface area contributed by atoms with Gasteiger partial charge in [0.1, 0.15) is 11.6 Å². The molecule has 1 aromatic rings. The van der Waals surface area contributed by atoms with E-state index in [9.17, 15) is 8.78 Å². The third kappa shape index (κ3) is 4.54. The topological polar surface area (TPSA) is 0 Å². The predicted octanol–water partition coefficient (Wildman–Crippen LogP) is 6.77. The van der Waals surface area contributed by atoms with Crippen LogP contribution in [0.5, 0.6) is 0 Å². The summed E-state index contributed by atoms with van der Waals surface area (Å²) in [6.07, 6.45) is 10.6. The highest BCUT2D eigenvalue weighted by atomic mass is 19.1. The summed E-state index contributed by atoms with van der Waals surface area (Å²) in [6, 6.07) is 3.21. The summed E-state index contributed by atoms with van der Waals surface area (Å²) in [7, 11) is 0. The van der Waals surface area contributed by atoms with E-state index in [1.807, 2.05) is 0 Å². The zero-order valence-electron chi connectivity index (χ0n) is 14.1. The van der Waals surface area contributed by atoms with Crippen molar-refractivity contribution in [3.05, 3.63) is 34.9 Å². The van der Waals surface area contributed by atoms with E-state index in [2.05, 4.69) is 13.8 Å². The Labute approximate surface area is 134 Å².